The van der Waals surface area contributed by atoms with Crippen molar-refractivity contribution in [3.8, 4) is 5.75 Å². The van der Waals surface area contributed by atoms with Gasteiger partial charge in [-0.15, -0.1) is 0 Å². The molecule has 0 aliphatic carbocycles. The molecule has 2 atom stereocenters. The van der Waals surface area contributed by atoms with Crippen LogP contribution in [0.25, 0.3) is 0 Å². The van der Waals surface area contributed by atoms with Crippen LogP contribution in [-0.4, -0.2) is 23.7 Å². The number of thioether (sulfide) groups is 1. The molecule has 1 fully saturated rings. The summed E-state index contributed by atoms with van der Waals surface area (Å²) in [7, 11) is 0. The molecule has 0 saturated carbocycles. The summed E-state index contributed by atoms with van der Waals surface area (Å²) in [6, 6.07) is 6.46. The van der Waals surface area contributed by atoms with Crippen LogP contribution in [0, 0.1) is 0 Å². The fraction of sp³-hybridized carbons (Fsp3) is 0.538. The molecule has 1 aliphatic rings. The van der Waals surface area contributed by atoms with Crippen LogP contribution in [0.1, 0.15) is 20.3 Å². The predicted octanol–water partition coefficient (Wildman–Crippen LogP) is 4.04. The number of rotatable bonds is 4. The number of anilines is 1. The summed E-state index contributed by atoms with van der Waals surface area (Å²) in [6.07, 6.45) is 1.22. The zero-order valence-electron chi connectivity index (χ0n) is 10.2. The number of nitrogens with one attached hydrogen (secondary N) is 1. The van der Waals surface area contributed by atoms with Crippen LogP contribution in [0.15, 0.2) is 18.2 Å². The van der Waals surface area contributed by atoms with Crippen molar-refractivity contribution in [3.05, 3.63) is 23.2 Å². The van der Waals surface area contributed by atoms with E-state index in [0.29, 0.717) is 22.9 Å². The van der Waals surface area contributed by atoms with Gasteiger partial charge in [0.05, 0.1) is 11.6 Å². The smallest absolute Gasteiger partial charge is 0.138 e. The fourth-order valence-corrected chi connectivity index (χ4v) is 3.43. The van der Waals surface area contributed by atoms with Crippen molar-refractivity contribution in [3.63, 3.8) is 0 Å². The van der Waals surface area contributed by atoms with Crippen LogP contribution < -0.4 is 10.1 Å². The van der Waals surface area contributed by atoms with Crippen molar-refractivity contribution in [2.24, 2.45) is 0 Å². The van der Waals surface area contributed by atoms with Crippen molar-refractivity contribution in [2.75, 3.05) is 17.7 Å². The van der Waals surface area contributed by atoms with Gasteiger partial charge >= 0.3 is 0 Å². The van der Waals surface area contributed by atoms with E-state index in [0.717, 1.165) is 11.4 Å². The van der Waals surface area contributed by atoms with Gasteiger partial charge in [0.1, 0.15) is 5.75 Å². The highest BCUT2D eigenvalue weighted by atomic mass is 35.5. The highest BCUT2D eigenvalue weighted by Gasteiger charge is 2.23. The maximum absolute atomic E-state index is 6.16. The number of hydrogen-bond donors (Lipinski definition) is 1. The molecule has 1 aromatic rings. The molecular weight excluding hydrogens is 254 g/mol. The van der Waals surface area contributed by atoms with Crippen molar-refractivity contribution in [1.82, 2.24) is 0 Å². The van der Waals surface area contributed by atoms with Crippen LogP contribution in [0.5, 0.6) is 5.75 Å². The molecule has 94 valence electrons. The van der Waals surface area contributed by atoms with Crippen molar-refractivity contribution >= 4 is 29.1 Å². The normalized spacial score (nSPS) is 23.7. The minimum Gasteiger partial charge on any atom is -0.492 e. The Bertz CT molecular complexity index is 386. The first kappa shape index (κ1) is 12.9. The van der Waals surface area contributed by atoms with E-state index in [1.807, 2.05) is 36.9 Å². The van der Waals surface area contributed by atoms with Crippen LogP contribution in [0.2, 0.25) is 5.02 Å². The predicted molar refractivity (Wildman–Crippen MR) is 76.6 cm³/mol. The average molecular weight is 272 g/mol. The quantitative estimate of drug-likeness (QED) is 0.893. The summed E-state index contributed by atoms with van der Waals surface area (Å²) in [5.74, 6) is 2.00. The minimum absolute atomic E-state index is 0.550. The molecule has 2 rings (SSSR count). The van der Waals surface area contributed by atoms with E-state index in [1.165, 1.54) is 12.2 Å². The topological polar surface area (TPSA) is 21.3 Å². The molecule has 0 bridgehead atoms. The van der Waals surface area contributed by atoms with Gasteiger partial charge in [0.2, 0.25) is 0 Å². The second-order valence-corrected chi connectivity index (χ2v) is 6.09. The first-order valence-corrected chi connectivity index (χ1v) is 7.44. The van der Waals surface area contributed by atoms with E-state index < -0.39 is 0 Å². The standard InChI is InChI=1S/C13H18ClNOS/c1-3-16-13-5-4-10(8-11(13)14)15-12-6-7-17-9(12)2/h4-5,8-9,12,15H,3,6-7H2,1-2H3. The highest BCUT2D eigenvalue weighted by Crippen LogP contribution is 2.32. The first-order chi connectivity index (χ1) is 8.20. The van der Waals surface area contributed by atoms with E-state index in [4.69, 9.17) is 16.3 Å². The van der Waals surface area contributed by atoms with Crippen LogP contribution in [-0.2, 0) is 0 Å². The SMILES string of the molecule is CCOc1ccc(NC2CCSC2C)cc1Cl. The van der Waals surface area contributed by atoms with Crippen molar-refractivity contribution in [2.45, 2.75) is 31.6 Å². The van der Waals surface area contributed by atoms with E-state index in [1.54, 1.807) is 0 Å². The largest absolute Gasteiger partial charge is 0.492 e. The van der Waals surface area contributed by atoms with Gasteiger partial charge < -0.3 is 10.1 Å². The Kier molecular flexibility index (Phi) is 4.46. The number of ether oxygens (including phenoxy) is 1. The molecule has 1 saturated heterocycles. The lowest BCUT2D eigenvalue weighted by Gasteiger charge is -2.18. The van der Waals surface area contributed by atoms with Crippen molar-refractivity contribution < 1.29 is 4.74 Å². The molecule has 0 spiro atoms. The zero-order chi connectivity index (χ0) is 12.3. The van der Waals surface area contributed by atoms with Gasteiger partial charge in [0, 0.05) is 17.0 Å². The molecule has 1 N–H and O–H groups in total. The molecule has 1 heterocycles. The Morgan fingerprint density at radius 1 is 1.53 bits per heavy atom. The minimum atomic E-state index is 0.550. The number of hydrogen-bond acceptors (Lipinski definition) is 3. The Morgan fingerprint density at radius 2 is 2.35 bits per heavy atom. The summed E-state index contributed by atoms with van der Waals surface area (Å²) >= 11 is 8.18. The maximum atomic E-state index is 6.16. The van der Waals surface area contributed by atoms with E-state index >= 15 is 0 Å². The van der Waals surface area contributed by atoms with Crippen LogP contribution >= 0.6 is 23.4 Å². The summed E-state index contributed by atoms with van der Waals surface area (Å²) in [5, 5.41) is 4.88. The molecule has 1 aromatic carbocycles. The molecule has 2 unspecified atom stereocenters. The Morgan fingerprint density at radius 3 is 2.94 bits per heavy atom. The van der Waals surface area contributed by atoms with Gasteiger partial charge in [-0.2, -0.15) is 11.8 Å². The Hall–Kier alpha value is -0.540. The van der Waals surface area contributed by atoms with Crippen molar-refractivity contribution in [1.29, 1.82) is 0 Å². The van der Waals surface area contributed by atoms with Gasteiger partial charge in [0.25, 0.3) is 0 Å². The zero-order valence-corrected chi connectivity index (χ0v) is 11.8. The maximum Gasteiger partial charge on any atom is 0.138 e. The monoisotopic (exact) mass is 271 g/mol. The second kappa shape index (κ2) is 5.87. The molecule has 2 nitrogen and oxygen atoms in total. The van der Waals surface area contributed by atoms with E-state index in [9.17, 15) is 0 Å². The Labute approximate surface area is 112 Å². The summed E-state index contributed by atoms with van der Waals surface area (Å²) in [6.45, 7) is 4.87. The number of halogens is 1. The Balaban J connectivity index is 2.04. The first-order valence-electron chi connectivity index (χ1n) is 6.01. The summed E-state index contributed by atoms with van der Waals surface area (Å²) in [4.78, 5) is 0. The summed E-state index contributed by atoms with van der Waals surface area (Å²) in [5.41, 5.74) is 1.08. The van der Waals surface area contributed by atoms with E-state index in [-0.39, 0.29) is 0 Å². The molecular formula is C13H18ClNOS. The third kappa shape index (κ3) is 3.23. The molecule has 4 heteroatoms. The second-order valence-electron chi connectivity index (χ2n) is 4.19. The lowest BCUT2D eigenvalue weighted by Crippen LogP contribution is -2.24. The fourth-order valence-electron chi connectivity index (χ4n) is 2.00. The highest BCUT2D eigenvalue weighted by molar-refractivity contribution is 8.00. The molecule has 1 aliphatic heterocycles. The van der Waals surface area contributed by atoms with Gasteiger partial charge in [-0.25, -0.2) is 0 Å². The average Bonchev–Trinajstić information content (AvgIpc) is 2.69. The van der Waals surface area contributed by atoms with Gasteiger partial charge in [-0.3, -0.25) is 0 Å². The lowest BCUT2D eigenvalue weighted by atomic mass is 10.1. The molecule has 0 radical (unpaired) electrons. The van der Waals surface area contributed by atoms with Gasteiger partial charge in [0.15, 0.2) is 0 Å². The molecule has 0 aromatic heterocycles. The van der Waals surface area contributed by atoms with Crippen LogP contribution in [0.3, 0.4) is 0 Å². The van der Waals surface area contributed by atoms with Crippen LogP contribution in [0.4, 0.5) is 5.69 Å². The summed E-state index contributed by atoms with van der Waals surface area (Å²) < 4.78 is 5.42. The number of benzene rings is 1. The lowest BCUT2D eigenvalue weighted by molar-refractivity contribution is 0.340. The molecule has 17 heavy (non-hydrogen) atoms. The van der Waals surface area contributed by atoms with E-state index in [2.05, 4.69) is 12.2 Å². The van der Waals surface area contributed by atoms with Gasteiger partial charge in [-0.05, 0) is 37.3 Å². The third-order valence-corrected chi connectivity index (χ3v) is 4.58. The molecule has 0 amide bonds. The third-order valence-electron chi connectivity index (χ3n) is 2.96. The van der Waals surface area contributed by atoms with Gasteiger partial charge in [-0.1, -0.05) is 18.5 Å².